The van der Waals surface area contributed by atoms with Crippen LogP contribution in [0, 0.1) is 0 Å². The van der Waals surface area contributed by atoms with Crippen molar-refractivity contribution >= 4 is 0 Å². The smallest absolute Gasteiger partial charge is 0.197 e. The van der Waals surface area contributed by atoms with Crippen molar-refractivity contribution in [2.75, 3.05) is 0 Å². The topological polar surface area (TPSA) is 26.0 Å². The zero-order valence-corrected chi connectivity index (χ0v) is 10.9. The van der Waals surface area contributed by atoms with Gasteiger partial charge in [0.2, 0.25) is 0 Å². The molecule has 96 valence electrons. The van der Waals surface area contributed by atoms with Crippen molar-refractivity contribution in [3.8, 4) is 0 Å². The lowest BCUT2D eigenvalue weighted by Gasteiger charge is -2.14. The van der Waals surface area contributed by atoms with Crippen molar-refractivity contribution in [1.82, 2.24) is 4.98 Å². The van der Waals surface area contributed by atoms with Crippen molar-refractivity contribution in [3.63, 3.8) is 0 Å². The fraction of sp³-hybridized carbons (Fsp3) is 0.800. The maximum absolute atomic E-state index is 5.49. The summed E-state index contributed by atoms with van der Waals surface area (Å²) in [5, 5.41) is 0. The van der Waals surface area contributed by atoms with Gasteiger partial charge >= 0.3 is 0 Å². The molecule has 1 aliphatic carbocycles. The SMILES string of the molecule is c1coc(C2CCCCCCCCCCC2)n1. The number of oxazole rings is 1. The Bertz CT molecular complexity index is 269. The van der Waals surface area contributed by atoms with Crippen LogP contribution in [-0.4, -0.2) is 4.98 Å². The fourth-order valence-electron chi connectivity index (χ4n) is 2.85. The minimum Gasteiger partial charge on any atom is -0.449 e. The Morgan fingerprint density at radius 2 is 1.35 bits per heavy atom. The predicted molar refractivity (Wildman–Crippen MR) is 70.0 cm³/mol. The van der Waals surface area contributed by atoms with Gasteiger partial charge in [-0.15, -0.1) is 0 Å². The van der Waals surface area contributed by atoms with E-state index in [0.717, 1.165) is 5.89 Å². The Hall–Kier alpha value is -0.790. The van der Waals surface area contributed by atoms with E-state index in [2.05, 4.69) is 4.98 Å². The summed E-state index contributed by atoms with van der Waals surface area (Å²) in [7, 11) is 0. The molecule has 0 radical (unpaired) electrons. The summed E-state index contributed by atoms with van der Waals surface area (Å²) in [6, 6.07) is 0. The van der Waals surface area contributed by atoms with Crippen LogP contribution in [0.25, 0.3) is 0 Å². The Morgan fingerprint density at radius 3 is 1.82 bits per heavy atom. The lowest BCUT2D eigenvalue weighted by molar-refractivity contribution is 0.387. The highest BCUT2D eigenvalue weighted by Gasteiger charge is 2.15. The van der Waals surface area contributed by atoms with Gasteiger partial charge in [0.05, 0.1) is 6.20 Å². The van der Waals surface area contributed by atoms with E-state index in [-0.39, 0.29) is 0 Å². The maximum Gasteiger partial charge on any atom is 0.197 e. The average Bonchev–Trinajstić information content (AvgIpc) is 2.83. The molecular formula is C15H25NO. The van der Waals surface area contributed by atoms with Gasteiger partial charge in [-0.25, -0.2) is 4.98 Å². The van der Waals surface area contributed by atoms with E-state index in [9.17, 15) is 0 Å². The molecule has 0 spiro atoms. The molecule has 1 heterocycles. The minimum atomic E-state index is 0.574. The van der Waals surface area contributed by atoms with Crippen LogP contribution in [0.5, 0.6) is 0 Å². The molecule has 17 heavy (non-hydrogen) atoms. The van der Waals surface area contributed by atoms with Crippen LogP contribution in [0.1, 0.15) is 82.4 Å². The lowest BCUT2D eigenvalue weighted by Crippen LogP contribution is -2.00. The van der Waals surface area contributed by atoms with Gasteiger partial charge in [-0.2, -0.15) is 0 Å². The number of aromatic nitrogens is 1. The molecule has 0 aliphatic heterocycles. The third-order valence-corrected chi connectivity index (χ3v) is 3.91. The van der Waals surface area contributed by atoms with Crippen LogP contribution in [0.2, 0.25) is 0 Å². The normalized spacial score (nSPS) is 21.6. The Balaban J connectivity index is 1.84. The largest absolute Gasteiger partial charge is 0.449 e. The molecule has 0 amide bonds. The molecule has 2 heteroatoms. The molecule has 2 rings (SSSR count). The molecule has 1 aromatic rings. The van der Waals surface area contributed by atoms with Crippen molar-refractivity contribution in [3.05, 3.63) is 18.4 Å². The third-order valence-electron chi connectivity index (χ3n) is 3.91. The van der Waals surface area contributed by atoms with Crippen LogP contribution in [-0.2, 0) is 0 Å². The number of nitrogens with zero attached hydrogens (tertiary/aromatic N) is 1. The van der Waals surface area contributed by atoms with Crippen LogP contribution in [0.15, 0.2) is 16.9 Å². The summed E-state index contributed by atoms with van der Waals surface area (Å²) in [5.41, 5.74) is 0. The summed E-state index contributed by atoms with van der Waals surface area (Å²) in [6.07, 6.45) is 18.6. The van der Waals surface area contributed by atoms with E-state index in [1.807, 2.05) is 0 Å². The van der Waals surface area contributed by atoms with Crippen molar-refractivity contribution in [2.24, 2.45) is 0 Å². The number of rotatable bonds is 1. The Kier molecular flexibility index (Phi) is 5.60. The fourth-order valence-corrected chi connectivity index (χ4v) is 2.85. The molecule has 2 nitrogen and oxygen atoms in total. The van der Waals surface area contributed by atoms with Gasteiger partial charge in [-0.3, -0.25) is 0 Å². The average molecular weight is 235 g/mol. The Morgan fingerprint density at radius 1 is 0.824 bits per heavy atom. The zero-order valence-electron chi connectivity index (χ0n) is 10.9. The second-order valence-corrected chi connectivity index (χ2v) is 5.33. The molecule has 1 aromatic heterocycles. The monoisotopic (exact) mass is 235 g/mol. The second-order valence-electron chi connectivity index (χ2n) is 5.33. The Labute approximate surface area is 105 Å². The molecule has 1 saturated carbocycles. The van der Waals surface area contributed by atoms with E-state index in [1.54, 1.807) is 12.5 Å². The number of hydrogen-bond donors (Lipinski definition) is 0. The maximum atomic E-state index is 5.49. The van der Waals surface area contributed by atoms with Gasteiger partial charge in [0.1, 0.15) is 6.26 Å². The van der Waals surface area contributed by atoms with E-state index >= 15 is 0 Å². The molecule has 0 N–H and O–H groups in total. The van der Waals surface area contributed by atoms with E-state index in [0.29, 0.717) is 5.92 Å². The quantitative estimate of drug-likeness (QED) is 0.679. The first-order valence-corrected chi connectivity index (χ1v) is 7.36. The van der Waals surface area contributed by atoms with Crippen molar-refractivity contribution < 1.29 is 4.42 Å². The van der Waals surface area contributed by atoms with Crippen molar-refractivity contribution in [2.45, 2.75) is 76.5 Å². The van der Waals surface area contributed by atoms with Crippen LogP contribution in [0.4, 0.5) is 0 Å². The zero-order chi connectivity index (χ0) is 11.8. The van der Waals surface area contributed by atoms with Crippen LogP contribution < -0.4 is 0 Å². The highest BCUT2D eigenvalue weighted by atomic mass is 16.3. The van der Waals surface area contributed by atoms with E-state index < -0.39 is 0 Å². The predicted octanol–water partition coefficient (Wildman–Crippen LogP) is 5.06. The molecule has 1 fully saturated rings. The summed E-state index contributed by atoms with van der Waals surface area (Å²) in [6.45, 7) is 0. The first kappa shape index (κ1) is 12.7. The third kappa shape index (κ3) is 4.53. The second kappa shape index (κ2) is 7.52. The van der Waals surface area contributed by atoms with Gasteiger partial charge in [0.15, 0.2) is 5.89 Å². The molecule has 0 bridgehead atoms. The lowest BCUT2D eigenvalue weighted by atomic mass is 9.93. The van der Waals surface area contributed by atoms with E-state index in [1.165, 1.54) is 70.6 Å². The van der Waals surface area contributed by atoms with Gasteiger partial charge in [-0.05, 0) is 12.8 Å². The van der Waals surface area contributed by atoms with Gasteiger partial charge in [0.25, 0.3) is 0 Å². The standard InChI is InChI=1S/C15H25NO/c1-2-4-6-8-10-14(11-9-7-5-3-1)15-16-12-13-17-15/h12-14H,1-11H2. The van der Waals surface area contributed by atoms with Crippen molar-refractivity contribution in [1.29, 1.82) is 0 Å². The molecule has 1 aliphatic rings. The molecule has 0 aromatic carbocycles. The van der Waals surface area contributed by atoms with E-state index in [4.69, 9.17) is 4.42 Å². The molecule has 0 atom stereocenters. The van der Waals surface area contributed by atoms with Crippen LogP contribution in [0.3, 0.4) is 0 Å². The minimum absolute atomic E-state index is 0.574. The highest BCUT2D eigenvalue weighted by molar-refractivity contribution is 4.91. The van der Waals surface area contributed by atoms with Gasteiger partial charge in [-0.1, -0.05) is 57.8 Å². The number of hydrogen-bond acceptors (Lipinski definition) is 2. The van der Waals surface area contributed by atoms with Gasteiger partial charge in [0, 0.05) is 5.92 Å². The summed E-state index contributed by atoms with van der Waals surface area (Å²) >= 11 is 0. The first-order valence-electron chi connectivity index (χ1n) is 7.36. The van der Waals surface area contributed by atoms with Gasteiger partial charge < -0.3 is 4.42 Å². The summed E-state index contributed by atoms with van der Waals surface area (Å²) in [4.78, 5) is 4.34. The molecule has 0 unspecified atom stereocenters. The molecular weight excluding hydrogens is 210 g/mol. The first-order chi connectivity index (χ1) is 8.47. The molecule has 0 saturated heterocycles. The summed E-state index contributed by atoms with van der Waals surface area (Å²) < 4.78 is 5.49. The highest BCUT2D eigenvalue weighted by Crippen LogP contribution is 2.28. The van der Waals surface area contributed by atoms with Crippen LogP contribution >= 0.6 is 0 Å². The summed E-state index contributed by atoms with van der Waals surface area (Å²) in [5.74, 6) is 1.55.